The number of thiophene rings is 1. The van der Waals surface area contributed by atoms with E-state index < -0.39 is 23.8 Å². The van der Waals surface area contributed by atoms with E-state index in [9.17, 15) is 18.8 Å². The summed E-state index contributed by atoms with van der Waals surface area (Å²) in [6.45, 7) is 5.13. The summed E-state index contributed by atoms with van der Waals surface area (Å²) in [5.41, 5.74) is 0.542. The summed E-state index contributed by atoms with van der Waals surface area (Å²) in [6.07, 6.45) is -1.27. The van der Waals surface area contributed by atoms with E-state index in [0.717, 1.165) is 15.8 Å². The molecule has 0 bridgehead atoms. The van der Waals surface area contributed by atoms with Crippen LogP contribution < -0.4 is 5.32 Å². The van der Waals surface area contributed by atoms with Crippen molar-refractivity contribution in [2.24, 2.45) is 0 Å². The quantitative estimate of drug-likeness (QED) is 0.530. The molecule has 1 atom stereocenters. The molecular formula is C19H19ClFNO4S. The third kappa shape index (κ3) is 5.87. The Balaban J connectivity index is 1.84. The van der Waals surface area contributed by atoms with Gasteiger partial charge >= 0.3 is 5.97 Å². The molecule has 144 valence electrons. The van der Waals surface area contributed by atoms with Gasteiger partial charge in [0.1, 0.15) is 5.82 Å². The van der Waals surface area contributed by atoms with Crippen LogP contribution in [0.1, 0.15) is 39.9 Å². The highest BCUT2D eigenvalue weighted by Crippen LogP contribution is 2.22. The molecule has 1 amide bonds. The fourth-order valence-corrected chi connectivity index (χ4v) is 3.49. The van der Waals surface area contributed by atoms with Gasteiger partial charge in [0.2, 0.25) is 0 Å². The highest BCUT2D eigenvalue weighted by molar-refractivity contribution is 7.12. The number of anilines is 1. The molecule has 5 nitrogen and oxygen atoms in total. The molecule has 1 heterocycles. The number of nitrogens with one attached hydrogen (secondary N) is 1. The van der Waals surface area contributed by atoms with Crippen LogP contribution in [0.25, 0.3) is 0 Å². The maximum absolute atomic E-state index is 13.7. The molecule has 0 saturated carbocycles. The number of amides is 1. The van der Waals surface area contributed by atoms with Crippen molar-refractivity contribution in [3.05, 3.63) is 50.4 Å². The molecule has 27 heavy (non-hydrogen) atoms. The standard InChI is InChI=1S/C19H19ClFNO4S/c1-10-8-14(12(3)27-10)17(23)6-7-18(24)26-11(2)19(25)22-16-5-4-13(20)9-15(16)21/h4-5,8-9,11H,6-7H2,1-3H3,(H,22,25)/t11-/m1/s1. The minimum Gasteiger partial charge on any atom is -0.453 e. The van der Waals surface area contributed by atoms with Crippen molar-refractivity contribution in [3.63, 3.8) is 0 Å². The van der Waals surface area contributed by atoms with Crippen LogP contribution in [-0.4, -0.2) is 23.8 Å². The number of hydrogen-bond donors (Lipinski definition) is 1. The number of carbonyl (C=O) groups excluding carboxylic acids is 3. The molecule has 0 fully saturated rings. The van der Waals surface area contributed by atoms with Gasteiger partial charge in [-0.3, -0.25) is 14.4 Å². The molecule has 2 rings (SSSR count). The fraction of sp³-hybridized carbons (Fsp3) is 0.316. The normalized spacial score (nSPS) is 11.7. The molecule has 0 radical (unpaired) electrons. The van der Waals surface area contributed by atoms with Crippen molar-refractivity contribution >= 4 is 46.3 Å². The molecular weight excluding hydrogens is 393 g/mol. The summed E-state index contributed by atoms with van der Waals surface area (Å²) < 4.78 is 18.7. The third-order valence-corrected chi connectivity index (χ3v) is 4.97. The number of ether oxygens (including phenoxy) is 1. The Kier molecular flexibility index (Phi) is 7.10. The summed E-state index contributed by atoms with van der Waals surface area (Å²) in [6, 6.07) is 5.60. The molecule has 0 unspecified atom stereocenters. The smallest absolute Gasteiger partial charge is 0.307 e. The van der Waals surface area contributed by atoms with E-state index >= 15 is 0 Å². The first-order chi connectivity index (χ1) is 12.7. The number of halogens is 2. The number of ketones is 1. The number of esters is 1. The average Bonchev–Trinajstić information content (AvgIpc) is 2.93. The van der Waals surface area contributed by atoms with Gasteiger partial charge in [0.05, 0.1) is 12.1 Å². The lowest BCUT2D eigenvalue weighted by atomic mass is 10.1. The van der Waals surface area contributed by atoms with Crippen molar-refractivity contribution in [2.75, 3.05) is 5.32 Å². The van der Waals surface area contributed by atoms with Crippen molar-refractivity contribution in [1.82, 2.24) is 0 Å². The second-order valence-electron chi connectivity index (χ2n) is 6.00. The van der Waals surface area contributed by atoms with Crippen LogP contribution in [0.4, 0.5) is 10.1 Å². The molecule has 0 saturated heterocycles. The third-order valence-electron chi connectivity index (χ3n) is 3.76. The van der Waals surface area contributed by atoms with E-state index in [-0.39, 0.29) is 29.3 Å². The summed E-state index contributed by atoms with van der Waals surface area (Å²) in [5, 5.41) is 2.53. The molecule has 2 aromatic rings. The first-order valence-corrected chi connectivity index (χ1v) is 9.42. The maximum Gasteiger partial charge on any atom is 0.307 e. The number of aryl methyl sites for hydroxylation is 2. The largest absolute Gasteiger partial charge is 0.453 e. The average molecular weight is 412 g/mol. The second-order valence-corrected chi connectivity index (χ2v) is 7.89. The van der Waals surface area contributed by atoms with Gasteiger partial charge in [-0.15, -0.1) is 11.3 Å². The van der Waals surface area contributed by atoms with E-state index in [1.54, 1.807) is 6.07 Å². The first kappa shape index (κ1) is 21.1. The van der Waals surface area contributed by atoms with Crippen LogP contribution in [0.2, 0.25) is 5.02 Å². The zero-order valence-electron chi connectivity index (χ0n) is 15.1. The van der Waals surface area contributed by atoms with Gasteiger partial charge < -0.3 is 10.1 Å². The lowest BCUT2D eigenvalue weighted by Crippen LogP contribution is -2.30. The van der Waals surface area contributed by atoms with Gasteiger partial charge in [-0.05, 0) is 45.0 Å². The minimum absolute atomic E-state index is 0.00397. The monoisotopic (exact) mass is 411 g/mol. The maximum atomic E-state index is 13.7. The van der Waals surface area contributed by atoms with E-state index in [2.05, 4.69) is 5.32 Å². The van der Waals surface area contributed by atoms with Crippen LogP contribution in [0, 0.1) is 19.7 Å². The number of Topliss-reactive ketones (excluding diaryl/α,β-unsaturated/α-hetero) is 1. The summed E-state index contributed by atoms with van der Waals surface area (Å²) in [4.78, 5) is 38.1. The summed E-state index contributed by atoms with van der Waals surface area (Å²) in [7, 11) is 0. The number of hydrogen-bond acceptors (Lipinski definition) is 5. The van der Waals surface area contributed by atoms with Crippen molar-refractivity contribution in [2.45, 2.75) is 39.7 Å². The summed E-state index contributed by atoms with van der Waals surface area (Å²) >= 11 is 7.17. The fourth-order valence-electron chi connectivity index (χ4n) is 2.39. The van der Waals surface area contributed by atoms with E-state index in [0.29, 0.717) is 5.56 Å². The molecule has 1 N–H and O–H groups in total. The zero-order valence-corrected chi connectivity index (χ0v) is 16.7. The number of rotatable bonds is 7. The Hall–Kier alpha value is -2.25. The van der Waals surface area contributed by atoms with Gasteiger partial charge in [-0.2, -0.15) is 0 Å². The van der Waals surface area contributed by atoms with Crippen LogP contribution in [0.3, 0.4) is 0 Å². The number of carbonyl (C=O) groups is 3. The van der Waals surface area contributed by atoms with Gasteiger partial charge in [0, 0.05) is 26.8 Å². The van der Waals surface area contributed by atoms with Crippen molar-refractivity contribution < 1.29 is 23.5 Å². The van der Waals surface area contributed by atoms with Crippen molar-refractivity contribution in [1.29, 1.82) is 0 Å². The Morgan fingerprint density at radius 3 is 2.52 bits per heavy atom. The second kappa shape index (κ2) is 9.10. The topological polar surface area (TPSA) is 72.5 Å². The Labute approximate surface area is 165 Å². The van der Waals surface area contributed by atoms with E-state index in [1.165, 1.54) is 30.4 Å². The predicted octanol–water partition coefficient (Wildman–Crippen LogP) is 4.69. The SMILES string of the molecule is Cc1cc(C(=O)CCC(=O)O[C@H](C)C(=O)Nc2ccc(Cl)cc2F)c(C)s1. The number of benzene rings is 1. The summed E-state index contributed by atoms with van der Waals surface area (Å²) in [5.74, 6) is -2.19. The Morgan fingerprint density at radius 2 is 1.93 bits per heavy atom. The Bertz CT molecular complexity index is 881. The van der Waals surface area contributed by atoms with Crippen molar-refractivity contribution in [3.8, 4) is 0 Å². The highest BCUT2D eigenvalue weighted by Gasteiger charge is 2.20. The van der Waals surface area contributed by atoms with Gasteiger partial charge in [-0.25, -0.2) is 4.39 Å². The highest BCUT2D eigenvalue weighted by atomic mass is 35.5. The van der Waals surface area contributed by atoms with Gasteiger partial charge in [0.15, 0.2) is 11.9 Å². The lowest BCUT2D eigenvalue weighted by Gasteiger charge is -2.14. The molecule has 0 spiro atoms. The van der Waals surface area contributed by atoms with Crippen LogP contribution in [0.5, 0.6) is 0 Å². The molecule has 0 aliphatic carbocycles. The van der Waals surface area contributed by atoms with Crippen LogP contribution in [-0.2, 0) is 14.3 Å². The first-order valence-electron chi connectivity index (χ1n) is 8.23. The predicted molar refractivity (Wildman–Crippen MR) is 103 cm³/mol. The molecule has 0 aliphatic rings. The molecule has 0 aliphatic heterocycles. The molecule has 8 heteroatoms. The lowest BCUT2D eigenvalue weighted by molar-refractivity contribution is -0.153. The van der Waals surface area contributed by atoms with Crippen LogP contribution in [0.15, 0.2) is 24.3 Å². The molecule has 1 aromatic heterocycles. The van der Waals surface area contributed by atoms with E-state index in [1.807, 2.05) is 13.8 Å². The van der Waals surface area contributed by atoms with E-state index in [4.69, 9.17) is 16.3 Å². The molecule has 1 aromatic carbocycles. The zero-order chi connectivity index (χ0) is 20.1. The van der Waals surface area contributed by atoms with Crippen LogP contribution >= 0.6 is 22.9 Å². The Morgan fingerprint density at radius 1 is 1.22 bits per heavy atom. The van der Waals surface area contributed by atoms with Gasteiger partial charge in [-0.1, -0.05) is 11.6 Å². The van der Waals surface area contributed by atoms with Gasteiger partial charge in [0.25, 0.3) is 5.91 Å². The minimum atomic E-state index is -1.13.